The monoisotopic (exact) mass is 209 g/mol. The van der Waals surface area contributed by atoms with Gasteiger partial charge in [0.1, 0.15) is 5.82 Å². The Morgan fingerprint density at radius 1 is 1.53 bits per heavy atom. The zero-order valence-corrected chi connectivity index (χ0v) is 9.53. The molecule has 0 bridgehead atoms. The molecule has 0 aliphatic heterocycles. The van der Waals surface area contributed by atoms with Gasteiger partial charge in [-0.1, -0.05) is 0 Å². The second-order valence-electron chi connectivity index (χ2n) is 3.88. The Kier molecular flexibility index (Phi) is 4.05. The summed E-state index contributed by atoms with van der Waals surface area (Å²) in [6, 6.07) is 1.86. The van der Waals surface area contributed by atoms with Crippen molar-refractivity contribution in [1.82, 2.24) is 4.98 Å². The fourth-order valence-corrected chi connectivity index (χ4v) is 1.48. The van der Waals surface area contributed by atoms with Crippen LogP contribution < -0.4 is 11.5 Å². The largest absolute Gasteiger partial charge is 0.383 e. The van der Waals surface area contributed by atoms with E-state index in [4.69, 9.17) is 16.2 Å². The SMILES string of the molecule is COC(C)CC(N)c1cc(C)cnc1N. The van der Waals surface area contributed by atoms with Crippen LogP contribution in [0, 0.1) is 6.92 Å². The van der Waals surface area contributed by atoms with Gasteiger partial charge >= 0.3 is 0 Å². The van der Waals surface area contributed by atoms with Gasteiger partial charge < -0.3 is 16.2 Å². The lowest BCUT2D eigenvalue weighted by atomic mass is 10.0. The molecule has 4 N–H and O–H groups in total. The number of aromatic nitrogens is 1. The molecule has 2 atom stereocenters. The molecule has 4 nitrogen and oxygen atoms in total. The molecule has 0 fully saturated rings. The molecule has 1 heterocycles. The summed E-state index contributed by atoms with van der Waals surface area (Å²) in [4.78, 5) is 4.09. The van der Waals surface area contributed by atoms with Crippen molar-refractivity contribution < 1.29 is 4.74 Å². The molecule has 0 aromatic carbocycles. The van der Waals surface area contributed by atoms with Crippen LogP contribution in [-0.4, -0.2) is 18.2 Å². The van der Waals surface area contributed by atoms with Gasteiger partial charge in [-0.05, 0) is 31.9 Å². The van der Waals surface area contributed by atoms with Crippen molar-refractivity contribution in [2.45, 2.75) is 32.4 Å². The maximum Gasteiger partial charge on any atom is 0.128 e. The van der Waals surface area contributed by atoms with E-state index in [2.05, 4.69) is 4.98 Å². The van der Waals surface area contributed by atoms with Gasteiger partial charge in [0.25, 0.3) is 0 Å². The minimum absolute atomic E-state index is 0.118. The van der Waals surface area contributed by atoms with E-state index in [0.29, 0.717) is 5.82 Å². The lowest BCUT2D eigenvalue weighted by Gasteiger charge is -2.17. The second-order valence-corrected chi connectivity index (χ2v) is 3.88. The van der Waals surface area contributed by atoms with E-state index >= 15 is 0 Å². The molecule has 84 valence electrons. The minimum Gasteiger partial charge on any atom is -0.383 e. The van der Waals surface area contributed by atoms with E-state index < -0.39 is 0 Å². The third-order valence-electron chi connectivity index (χ3n) is 2.47. The van der Waals surface area contributed by atoms with Crippen LogP contribution in [0.1, 0.15) is 30.5 Å². The summed E-state index contributed by atoms with van der Waals surface area (Å²) in [5.74, 6) is 0.511. The Morgan fingerprint density at radius 2 is 2.20 bits per heavy atom. The first kappa shape index (κ1) is 11.9. The quantitative estimate of drug-likeness (QED) is 0.786. The number of hydrogen-bond acceptors (Lipinski definition) is 4. The van der Waals surface area contributed by atoms with Crippen molar-refractivity contribution in [2.24, 2.45) is 5.73 Å². The van der Waals surface area contributed by atoms with E-state index in [1.807, 2.05) is 19.9 Å². The van der Waals surface area contributed by atoms with Crippen molar-refractivity contribution in [1.29, 1.82) is 0 Å². The smallest absolute Gasteiger partial charge is 0.128 e. The number of methoxy groups -OCH3 is 1. The molecule has 2 unspecified atom stereocenters. The van der Waals surface area contributed by atoms with Crippen LogP contribution in [-0.2, 0) is 4.74 Å². The van der Waals surface area contributed by atoms with E-state index in [1.54, 1.807) is 13.3 Å². The number of nitrogen functional groups attached to an aromatic ring is 1. The highest BCUT2D eigenvalue weighted by Crippen LogP contribution is 2.22. The maximum absolute atomic E-state index is 6.04. The molecule has 15 heavy (non-hydrogen) atoms. The normalized spacial score (nSPS) is 14.9. The highest BCUT2D eigenvalue weighted by molar-refractivity contribution is 5.42. The summed E-state index contributed by atoms with van der Waals surface area (Å²) in [5.41, 5.74) is 13.8. The molecule has 0 aliphatic carbocycles. The van der Waals surface area contributed by atoms with Gasteiger partial charge in [0.05, 0.1) is 6.10 Å². The first-order chi connectivity index (χ1) is 7.04. The van der Waals surface area contributed by atoms with E-state index in [-0.39, 0.29) is 12.1 Å². The summed E-state index contributed by atoms with van der Waals surface area (Å²) >= 11 is 0. The van der Waals surface area contributed by atoms with Gasteiger partial charge in [-0.3, -0.25) is 0 Å². The molecule has 0 spiro atoms. The predicted octanol–water partition coefficient (Wildman–Crippen LogP) is 1.40. The van der Waals surface area contributed by atoms with Gasteiger partial charge in [-0.25, -0.2) is 4.98 Å². The molecule has 0 amide bonds. The van der Waals surface area contributed by atoms with Crippen LogP contribution in [0.4, 0.5) is 5.82 Å². The Balaban J connectivity index is 2.80. The van der Waals surface area contributed by atoms with Crippen molar-refractivity contribution in [3.8, 4) is 0 Å². The molecule has 1 aromatic heterocycles. The third-order valence-corrected chi connectivity index (χ3v) is 2.47. The van der Waals surface area contributed by atoms with Crippen LogP contribution >= 0.6 is 0 Å². The van der Waals surface area contributed by atoms with E-state index in [1.165, 1.54) is 0 Å². The number of ether oxygens (including phenoxy) is 1. The average Bonchev–Trinajstić information content (AvgIpc) is 2.21. The summed E-state index contributed by atoms with van der Waals surface area (Å²) in [5, 5.41) is 0. The molecule has 4 heteroatoms. The van der Waals surface area contributed by atoms with E-state index in [0.717, 1.165) is 17.5 Å². The highest BCUT2D eigenvalue weighted by atomic mass is 16.5. The van der Waals surface area contributed by atoms with Crippen LogP contribution in [0.5, 0.6) is 0 Å². The standard InChI is InChI=1S/C11H19N3O/c1-7-4-9(11(13)14-6-7)10(12)5-8(2)15-3/h4,6,8,10H,5,12H2,1-3H3,(H2,13,14). The molecule has 1 rings (SSSR count). The van der Waals surface area contributed by atoms with Gasteiger partial charge in [-0.15, -0.1) is 0 Å². The Labute approximate surface area is 90.6 Å². The summed E-state index contributed by atoms with van der Waals surface area (Å²) in [7, 11) is 1.68. The minimum atomic E-state index is -0.118. The van der Waals surface area contributed by atoms with Crippen LogP contribution in [0.3, 0.4) is 0 Å². The predicted molar refractivity (Wildman–Crippen MR) is 61.4 cm³/mol. The summed E-state index contributed by atoms with van der Waals surface area (Å²) < 4.78 is 5.17. The summed E-state index contributed by atoms with van der Waals surface area (Å²) in [6.45, 7) is 3.96. The van der Waals surface area contributed by atoms with Crippen molar-refractivity contribution in [2.75, 3.05) is 12.8 Å². The van der Waals surface area contributed by atoms with Crippen molar-refractivity contribution in [3.63, 3.8) is 0 Å². The fourth-order valence-electron chi connectivity index (χ4n) is 1.48. The molecule has 1 aromatic rings. The summed E-state index contributed by atoms with van der Waals surface area (Å²) in [6.07, 6.45) is 2.61. The van der Waals surface area contributed by atoms with Crippen LogP contribution in [0.2, 0.25) is 0 Å². The highest BCUT2D eigenvalue weighted by Gasteiger charge is 2.14. The lowest BCUT2D eigenvalue weighted by molar-refractivity contribution is 0.105. The number of nitrogens with zero attached hydrogens (tertiary/aromatic N) is 1. The number of anilines is 1. The third kappa shape index (κ3) is 3.18. The zero-order chi connectivity index (χ0) is 11.4. The first-order valence-electron chi connectivity index (χ1n) is 5.05. The second kappa shape index (κ2) is 5.09. The van der Waals surface area contributed by atoms with Crippen LogP contribution in [0.25, 0.3) is 0 Å². The number of nitrogens with two attached hydrogens (primary N) is 2. The fraction of sp³-hybridized carbons (Fsp3) is 0.545. The topological polar surface area (TPSA) is 74.2 Å². The van der Waals surface area contributed by atoms with Gasteiger partial charge in [0.15, 0.2) is 0 Å². The van der Waals surface area contributed by atoms with Crippen molar-refractivity contribution >= 4 is 5.82 Å². The Morgan fingerprint density at radius 3 is 2.80 bits per heavy atom. The molecule has 0 aliphatic rings. The van der Waals surface area contributed by atoms with Gasteiger partial charge in [0.2, 0.25) is 0 Å². The molecular weight excluding hydrogens is 190 g/mol. The van der Waals surface area contributed by atoms with Gasteiger partial charge in [0, 0.05) is 24.9 Å². The number of rotatable bonds is 4. The Hall–Kier alpha value is -1.13. The zero-order valence-electron chi connectivity index (χ0n) is 9.53. The molecule has 0 saturated carbocycles. The first-order valence-corrected chi connectivity index (χ1v) is 5.05. The average molecular weight is 209 g/mol. The van der Waals surface area contributed by atoms with Crippen molar-refractivity contribution in [3.05, 3.63) is 23.4 Å². The lowest BCUT2D eigenvalue weighted by Crippen LogP contribution is -2.19. The van der Waals surface area contributed by atoms with Gasteiger partial charge in [-0.2, -0.15) is 0 Å². The number of aryl methyl sites for hydroxylation is 1. The maximum atomic E-state index is 6.04. The van der Waals surface area contributed by atoms with E-state index in [9.17, 15) is 0 Å². The molecule has 0 radical (unpaired) electrons. The Bertz CT molecular complexity index is 328. The van der Waals surface area contributed by atoms with Crippen LogP contribution in [0.15, 0.2) is 12.3 Å². The molecular formula is C11H19N3O. The number of hydrogen-bond donors (Lipinski definition) is 2. The molecule has 0 saturated heterocycles. The number of pyridine rings is 1.